The van der Waals surface area contributed by atoms with Gasteiger partial charge in [-0.25, -0.2) is 0 Å². The Bertz CT molecular complexity index is 1050. The Hall–Kier alpha value is -4.13. The predicted octanol–water partition coefficient (Wildman–Crippen LogP) is 3.35. The zero-order valence-corrected chi connectivity index (χ0v) is 12.2. The van der Waals surface area contributed by atoms with Crippen molar-refractivity contribution in [3.05, 3.63) is 77.9 Å². The fraction of sp³-hybridized carbons (Fsp3) is 0. The van der Waals surface area contributed by atoms with Crippen LogP contribution in [0.25, 0.3) is 16.7 Å². The molecule has 0 saturated carbocycles. The molecule has 0 saturated heterocycles. The molecule has 0 bridgehead atoms. The van der Waals surface area contributed by atoms with Crippen molar-refractivity contribution in [2.45, 2.75) is 0 Å². The Morgan fingerprint density at radius 2 is 1.48 bits per heavy atom. The predicted molar refractivity (Wildman–Crippen MR) is 84.5 cm³/mol. The minimum atomic E-state index is -0.775. The van der Waals surface area contributed by atoms with Crippen molar-refractivity contribution < 1.29 is 14.8 Å². The van der Waals surface area contributed by atoms with Crippen molar-refractivity contribution >= 4 is 22.6 Å². The Morgan fingerprint density at radius 3 is 2.04 bits per heavy atom. The molecule has 0 atom stereocenters. The summed E-state index contributed by atoms with van der Waals surface area (Å²) >= 11 is 0. The molecule has 0 unspecified atom stereocenters. The molecule has 122 valence electrons. The first kappa shape index (κ1) is 15.8. The maximum Gasteiger partial charge on any atom is 0.284 e. The Balaban J connectivity index is 2.43. The number of nitriles is 1. The van der Waals surface area contributed by atoms with Crippen LogP contribution in [0.15, 0.2) is 36.4 Å². The van der Waals surface area contributed by atoms with Crippen LogP contribution < -0.4 is 0 Å². The maximum atomic E-state index is 11.4. The number of nitrogens with zero attached hydrogens (tertiary/aromatic N) is 4. The standard InChI is InChI=1S/C15H6N4O6/c16-4-3-10-12-5-8(17(20)21)1-2-11(12)15-13(10)6-9(18(22)23)7-14(15)19(24)25/h1-3,5-7H/b10-3+. The Morgan fingerprint density at radius 1 is 0.840 bits per heavy atom. The smallest absolute Gasteiger partial charge is 0.258 e. The van der Waals surface area contributed by atoms with Crippen LogP contribution in [0, 0.1) is 41.7 Å². The van der Waals surface area contributed by atoms with Crippen LogP contribution in [0.1, 0.15) is 11.1 Å². The van der Waals surface area contributed by atoms with Gasteiger partial charge in [0.2, 0.25) is 0 Å². The van der Waals surface area contributed by atoms with Gasteiger partial charge in [-0.2, -0.15) is 5.26 Å². The van der Waals surface area contributed by atoms with Crippen LogP contribution >= 0.6 is 0 Å². The lowest BCUT2D eigenvalue weighted by molar-refractivity contribution is -0.393. The second kappa shape index (κ2) is 5.50. The van der Waals surface area contributed by atoms with Crippen LogP contribution in [-0.4, -0.2) is 14.8 Å². The van der Waals surface area contributed by atoms with Gasteiger partial charge in [0, 0.05) is 35.4 Å². The van der Waals surface area contributed by atoms with Crippen LogP contribution in [0.2, 0.25) is 0 Å². The molecule has 0 radical (unpaired) electrons. The van der Waals surface area contributed by atoms with Gasteiger partial charge in [0.25, 0.3) is 17.1 Å². The van der Waals surface area contributed by atoms with Gasteiger partial charge in [-0.3, -0.25) is 30.3 Å². The highest BCUT2D eigenvalue weighted by Gasteiger charge is 2.34. The summed E-state index contributed by atoms with van der Waals surface area (Å²) in [5.74, 6) is 0. The molecule has 0 N–H and O–H groups in total. The molecule has 0 fully saturated rings. The van der Waals surface area contributed by atoms with E-state index in [9.17, 15) is 30.3 Å². The third kappa shape index (κ3) is 2.36. The van der Waals surface area contributed by atoms with E-state index in [1.54, 1.807) is 6.07 Å². The average Bonchev–Trinajstić information content (AvgIpc) is 2.87. The number of nitro groups is 3. The summed E-state index contributed by atoms with van der Waals surface area (Å²) in [7, 11) is 0. The van der Waals surface area contributed by atoms with E-state index in [-0.39, 0.29) is 28.0 Å². The van der Waals surface area contributed by atoms with Crippen molar-refractivity contribution in [2.24, 2.45) is 0 Å². The minimum absolute atomic E-state index is 0.0991. The third-order valence-corrected chi connectivity index (χ3v) is 3.78. The highest BCUT2D eigenvalue weighted by atomic mass is 16.6. The lowest BCUT2D eigenvalue weighted by Crippen LogP contribution is -1.96. The second-order valence-corrected chi connectivity index (χ2v) is 5.08. The number of nitro benzene ring substituents is 3. The zero-order valence-electron chi connectivity index (χ0n) is 12.2. The maximum absolute atomic E-state index is 11.4. The van der Waals surface area contributed by atoms with Gasteiger partial charge in [0.1, 0.15) is 0 Å². The van der Waals surface area contributed by atoms with Gasteiger partial charge in [0.15, 0.2) is 0 Å². The topological polar surface area (TPSA) is 153 Å². The summed E-state index contributed by atoms with van der Waals surface area (Å²) in [4.78, 5) is 31.3. The second-order valence-electron chi connectivity index (χ2n) is 5.08. The minimum Gasteiger partial charge on any atom is -0.258 e. The summed E-state index contributed by atoms with van der Waals surface area (Å²) in [6.07, 6.45) is 1.06. The molecule has 2 aromatic rings. The van der Waals surface area contributed by atoms with Crippen LogP contribution in [-0.2, 0) is 0 Å². The molecule has 0 amide bonds. The molecule has 0 spiro atoms. The fourth-order valence-electron chi connectivity index (χ4n) is 2.81. The molecular formula is C15H6N4O6. The van der Waals surface area contributed by atoms with E-state index in [4.69, 9.17) is 5.26 Å². The number of allylic oxidation sites excluding steroid dienone is 1. The number of rotatable bonds is 3. The highest BCUT2D eigenvalue weighted by Crippen LogP contribution is 2.50. The van der Waals surface area contributed by atoms with Gasteiger partial charge in [-0.15, -0.1) is 0 Å². The summed E-state index contributed by atoms with van der Waals surface area (Å²) < 4.78 is 0. The quantitative estimate of drug-likeness (QED) is 0.403. The Labute approximate surface area is 138 Å². The number of hydrogen-bond acceptors (Lipinski definition) is 7. The molecule has 2 aromatic carbocycles. The summed E-state index contributed by atoms with van der Waals surface area (Å²) in [5.41, 5.74) is -0.314. The SMILES string of the molecule is N#C/C=C1\c2cc([N+](=O)[O-])ccc2-c2c1cc([N+](=O)[O-])cc2[N+](=O)[O-]. The van der Waals surface area contributed by atoms with Gasteiger partial charge in [-0.05, 0) is 17.2 Å². The van der Waals surface area contributed by atoms with E-state index >= 15 is 0 Å². The number of fused-ring (bicyclic) bond motifs is 3. The highest BCUT2D eigenvalue weighted by molar-refractivity contribution is 6.05. The lowest BCUT2D eigenvalue weighted by Gasteiger charge is -2.02. The Kier molecular flexibility index (Phi) is 3.47. The number of hydrogen-bond donors (Lipinski definition) is 0. The average molecular weight is 338 g/mol. The molecule has 10 nitrogen and oxygen atoms in total. The molecule has 10 heteroatoms. The van der Waals surface area contributed by atoms with Crippen LogP contribution in [0.4, 0.5) is 17.1 Å². The molecule has 1 aliphatic carbocycles. The van der Waals surface area contributed by atoms with E-state index in [0.717, 1.165) is 18.2 Å². The molecule has 25 heavy (non-hydrogen) atoms. The molecular weight excluding hydrogens is 332 g/mol. The molecule has 3 rings (SSSR count). The van der Waals surface area contributed by atoms with Gasteiger partial charge >= 0.3 is 0 Å². The van der Waals surface area contributed by atoms with E-state index in [1.165, 1.54) is 18.2 Å². The lowest BCUT2D eigenvalue weighted by atomic mass is 10.0. The molecule has 1 aliphatic rings. The largest absolute Gasteiger partial charge is 0.284 e. The number of benzene rings is 2. The van der Waals surface area contributed by atoms with Crippen molar-refractivity contribution in [1.82, 2.24) is 0 Å². The van der Waals surface area contributed by atoms with Crippen molar-refractivity contribution in [2.75, 3.05) is 0 Å². The van der Waals surface area contributed by atoms with Crippen LogP contribution in [0.5, 0.6) is 0 Å². The van der Waals surface area contributed by atoms with E-state index in [2.05, 4.69) is 0 Å². The fourth-order valence-corrected chi connectivity index (χ4v) is 2.81. The van der Waals surface area contributed by atoms with E-state index in [0.29, 0.717) is 5.56 Å². The summed E-state index contributed by atoms with van der Waals surface area (Å²) in [6, 6.07) is 7.43. The molecule has 0 aliphatic heterocycles. The van der Waals surface area contributed by atoms with Crippen molar-refractivity contribution in [3.63, 3.8) is 0 Å². The first-order chi connectivity index (χ1) is 11.8. The van der Waals surface area contributed by atoms with Gasteiger partial charge in [0.05, 0.1) is 32.5 Å². The van der Waals surface area contributed by atoms with E-state index < -0.39 is 26.1 Å². The molecule has 0 aromatic heterocycles. The van der Waals surface area contributed by atoms with E-state index in [1.807, 2.05) is 0 Å². The third-order valence-electron chi connectivity index (χ3n) is 3.78. The first-order valence-corrected chi connectivity index (χ1v) is 6.71. The summed E-state index contributed by atoms with van der Waals surface area (Å²) in [5, 5.41) is 42.4. The van der Waals surface area contributed by atoms with Gasteiger partial charge < -0.3 is 0 Å². The first-order valence-electron chi connectivity index (χ1n) is 6.71. The van der Waals surface area contributed by atoms with Crippen molar-refractivity contribution in [1.29, 1.82) is 5.26 Å². The van der Waals surface area contributed by atoms with Crippen molar-refractivity contribution in [3.8, 4) is 17.2 Å². The molecule has 0 heterocycles. The van der Waals surface area contributed by atoms with Gasteiger partial charge in [-0.1, -0.05) is 0 Å². The summed E-state index contributed by atoms with van der Waals surface area (Å²) in [6.45, 7) is 0. The monoisotopic (exact) mass is 338 g/mol. The number of non-ortho nitro benzene ring substituents is 2. The normalized spacial score (nSPS) is 13.0. The zero-order chi connectivity index (χ0) is 18.3. The van der Waals surface area contributed by atoms with Crippen LogP contribution in [0.3, 0.4) is 0 Å².